The average molecular weight is 492 g/mol. The molecule has 0 saturated heterocycles. The van der Waals surface area contributed by atoms with E-state index >= 15 is 0 Å². The molecule has 2 atom stereocenters. The van der Waals surface area contributed by atoms with Gasteiger partial charge in [-0.3, -0.25) is 4.99 Å². The van der Waals surface area contributed by atoms with Gasteiger partial charge in [0.1, 0.15) is 0 Å². The van der Waals surface area contributed by atoms with Gasteiger partial charge in [-0.05, 0) is 82.8 Å². The van der Waals surface area contributed by atoms with Crippen molar-refractivity contribution in [2.45, 2.75) is 100 Å². The zero-order valence-corrected chi connectivity index (χ0v) is 20.3. The van der Waals surface area contributed by atoms with Crippen LogP contribution >= 0.6 is 7.92 Å². The molecule has 3 fully saturated rings. The van der Waals surface area contributed by atoms with E-state index in [-0.39, 0.29) is 35.8 Å². The van der Waals surface area contributed by atoms with Crippen LogP contribution < -0.4 is 0 Å². The second-order valence-electron chi connectivity index (χ2n) is 8.98. The van der Waals surface area contributed by atoms with Gasteiger partial charge in [-0.2, -0.15) is 0 Å². The molecule has 28 heavy (non-hydrogen) atoms. The third-order valence-corrected chi connectivity index (χ3v) is 11.9. The molecule has 3 saturated carbocycles. The maximum absolute atomic E-state index is 4.90. The van der Waals surface area contributed by atoms with Crippen LogP contribution in [0, 0.1) is 13.3 Å². The molecule has 4 rings (SSSR count). The molecule has 0 spiro atoms. The number of hydrogen-bond acceptors (Lipinski definition) is 1. The summed E-state index contributed by atoms with van der Waals surface area (Å²) < 4.78 is 0. The first kappa shape index (κ1) is 24.3. The van der Waals surface area contributed by atoms with Crippen LogP contribution in [0.5, 0.6) is 0 Å². The number of hydrogen-bond donors (Lipinski definition) is 0. The summed E-state index contributed by atoms with van der Waals surface area (Å²) in [4.78, 5) is 4.90. The van der Waals surface area contributed by atoms with Gasteiger partial charge in [-0.25, -0.2) is 0 Å². The first-order valence-corrected chi connectivity index (χ1v) is 13.1. The van der Waals surface area contributed by atoms with E-state index in [1.165, 1.54) is 57.8 Å². The molecule has 1 nitrogen and oxygen atoms in total. The van der Waals surface area contributed by atoms with Gasteiger partial charge in [0.2, 0.25) is 0 Å². The summed E-state index contributed by atoms with van der Waals surface area (Å²) in [6.07, 6.45) is 22.0. The van der Waals surface area contributed by atoms with Crippen molar-refractivity contribution in [3.63, 3.8) is 0 Å². The fraction of sp³-hybridized carbons (Fsp3) is 0.680. The monoisotopic (exact) mass is 491 g/mol. The Hall–Kier alpha value is -0.0177. The molecule has 0 heterocycles. The molecule has 1 aromatic rings. The Bertz CT molecular complexity index is 545. The summed E-state index contributed by atoms with van der Waals surface area (Å²) >= 11 is 0. The smallest absolute Gasteiger partial charge is 0.0758 e. The Labute approximate surface area is 189 Å². The van der Waals surface area contributed by atoms with Gasteiger partial charge < -0.3 is 7.43 Å². The number of nitrogens with zero attached hydrogens (tertiary/aromatic N) is 1. The maximum Gasteiger partial charge on any atom is 0.0758 e. The summed E-state index contributed by atoms with van der Waals surface area (Å²) in [6.45, 7) is 0. The second-order valence-corrected chi connectivity index (χ2v) is 12.4. The minimum absolute atomic E-state index is 0. The van der Waals surface area contributed by atoms with E-state index in [0.717, 1.165) is 28.6 Å². The zero-order valence-electron chi connectivity index (χ0n) is 17.7. The summed E-state index contributed by atoms with van der Waals surface area (Å²) in [5.41, 5.74) is 4.39. The first-order chi connectivity index (χ1) is 12.9. The van der Waals surface area contributed by atoms with Crippen molar-refractivity contribution >= 4 is 19.8 Å². The summed E-state index contributed by atoms with van der Waals surface area (Å²) in [5, 5.41) is 0. The Morgan fingerprint density at radius 1 is 0.714 bits per heavy atom. The van der Waals surface area contributed by atoms with Crippen LogP contribution in [-0.4, -0.2) is 23.2 Å². The molecule has 0 aliphatic heterocycles. The largest absolute Gasteiger partial charge is 0.358 e. The maximum atomic E-state index is 4.90. The van der Waals surface area contributed by atoms with Crippen LogP contribution in [-0.2, 0) is 20.4 Å². The molecule has 2 unspecified atom stereocenters. The summed E-state index contributed by atoms with van der Waals surface area (Å²) in [7, 11) is -0.266. The molecule has 0 amide bonds. The number of para-hydroxylation sites is 1. The average Bonchev–Trinajstić information content (AvgIpc) is 3.17. The van der Waals surface area contributed by atoms with Gasteiger partial charge in [0.25, 0.3) is 0 Å². The van der Waals surface area contributed by atoms with Gasteiger partial charge in [0, 0.05) is 40.5 Å². The Balaban J connectivity index is 0.00000140. The standard InChI is InChI=1S/C24H36NP.CH3.Pd/c1-4-12-21(13-5-1)25-19-20-11-10-18-24(20)26(22-14-6-2-7-15-22)23-16-8-3-9-17-23;;/h1,4-5,12-13,19-20,22-24H,2-3,6-11,14-18H2;1H3;/q;-1;/p+1. The molecule has 0 bridgehead atoms. The topological polar surface area (TPSA) is 12.4 Å². The van der Waals surface area contributed by atoms with E-state index in [9.17, 15) is 0 Å². The number of rotatable bonds is 5. The fourth-order valence-corrected chi connectivity index (χ4v) is 11.4. The van der Waals surface area contributed by atoms with Crippen molar-refractivity contribution in [2.75, 3.05) is 0 Å². The van der Waals surface area contributed by atoms with Gasteiger partial charge in [0.05, 0.1) is 22.7 Å². The molecule has 0 radical (unpaired) electrons. The van der Waals surface area contributed by atoms with Crippen LogP contribution in [0.2, 0.25) is 0 Å². The van der Waals surface area contributed by atoms with Gasteiger partial charge in [0.15, 0.2) is 0 Å². The van der Waals surface area contributed by atoms with Crippen LogP contribution in [0.15, 0.2) is 35.3 Å². The van der Waals surface area contributed by atoms with Crippen molar-refractivity contribution in [2.24, 2.45) is 10.9 Å². The molecule has 1 aromatic carbocycles. The normalized spacial score (nSPS) is 26.9. The molecule has 3 aliphatic carbocycles. The van der Waals surface area contributed by atoms with Gasteiger partial charge in [-0.1, -0.05) is 31.0 Å². The van der Waals surface area contributed by atoms with Crippen molar-refractivity contribution in [3.8, 4) is 0 Å². The molecule has 3 heteroatoms. The van der Waals surface area contributed by atoms with E-state index in [1.54, 1.807) is 25.7 Å². The molecular formula is C25H40NPPd. The van der Waals surface area contributed by atoms with Crippen molar-refractivity contribution in [1.29, 1.82) is 0 Å². The van der Waals surface area contributed by atoms with Crippen molar-refractivity contribution < 1.29 is 20.4 Å². The molecule has 3 aliphatic rings. The van der Waals surface area contributed by atoms with E-state index in [2.05, 4.69) is 36.5 Å². The third-order valence-electron chi connectivity index (χ3n) is 7.32. The van der Waals surface area contributed by atoms with Gasteiger partial charge in [-0.15, -0.1) is 0 Å². The minimum Gasteiger partial charge on any atom is -0.358 e. The minimum atomic E-state index is -0.266. The third kappa shape index (κ3) is 6.24. The summed E-state index contributed by atoms with van der Waals surface area (Å²) in [6, 6.07) is 10.6. The zero-order chi connectivity index (χ0) is 17.6. The van der Waals surface area contributed by atoms with E-state index < -0.39 is 0 Å². The Morgan fingerprint density at radius 3 is 1.86 bits per heavy atom. The fourth-order valence-electron chi connectivity index (χ4n) is 6.09. The summed E-state index contributed by atoms with van der Waals surface area (Å²) in [5.74, 6) is 0.771. The molecule has 160 valence electrons. The van der Waals surface area contributed by atoms with Crippen molar-refractivity contribution in [3.05, 3.63) is 37.8 Å². The number of aliphatic imine (C=N–C) groups is 1. The molecule has 0 N–H and O–H groups in total. The van der Waals surface area contributed by atoms with Crippen LogP contribution in [0.3, 0.4) is 0 Å². The predicted octanol–water partition coefficient (Wildman–Crippen LogP) is 7.88. The van der Waals surface area contributed by atoms with Crippen LogP contribution in [0.25, 0.3) is 0 Å². The first-order valence-electron chi connectivity index (χ1n) is 11.4. The van der Waals surface area contributed by atoms with E-state index in [0.29, 0.717) is 0 Å². The van der Waals surface area contributed by atoms with Crippen LogP contribution in [0.4, 0.5) is 5.69 Å². The molecule has 0 aromatic heterocycles. The Morgan fingerprint density at radius 2 is 1.29 bits per heavy atom. The van der Waals surface area contributed by atoms with E-state index in [4.69, 9.17) is 4.99 Å². The van der Waals surface area contributed by atoms with Crippen molar-refractivity contribution in [1.82, 2.24) is 0 Å². The predicted molar refractivity (Wildman–Crippen MR) is 124 cm³/mol. The Kier molecular flexibility index (Phi) is 10.9. The van der Waals surface area contributed by atoms with Gasteiger partial charge >= 0.3 is 0 Å². The second kappa shape index (κ2) is 12.6. The number of benzene rings is 1. The van der Waals surface area contributed by atoms with Crippen LogP contribution in [0.1, 0.15) is 83.5 Å². The molecular weight excluding hydrogens is 452 g/mol. The quantitative estimate of drug-likeness (QED) is 0.172. The SMILES string of the molecule is C(=Nc1ccccc1)C1CCCC1[PH+](C1CCCCC1)C1CCCCC1.[CH3-].[Pd]. The van der Waals surface area contributed by atoms with E-state index in [1.807, 2.05) is 0 Å².